The number of amides is 1. The molecule has 0 radical (unpaired) electrons. The molecule has 100 valence electrons. The highest BCUT2D eigenvalue weighted by Crippen LogP contribution is 2.18. The number of benzene rings is 1. The minimum atomic E-state index is -3.84. The molecule has 0 aliphatic heterocycles. The lowest BCUT2D eigenvalue weighted by molar-refractivity contribution is -0.115. The Morgan fingerprint density at radius 1 is 1.33 bits per heavy atom. The number of hydrogen-bond acceptors (Lipinski definition) is 4. The van der Waals surface area contributed by atoms with E-state index in [4.69, 9.17) is 5.14 Å². The molecule has 4 N–H and O–H groups in total. The summed E-state index contributed by atoms with van der Waals surface area (Å²) in [4.78, 5) is 11.5. The molecular formula is C11H17N3O3S. The molecule has 0 saturated carbocycles. The van der Waals surface area contributed by atoms with Crippen LogP contribution in [0.3, 0.4) is 0 Å². The highest BCUT2D eigenvalue weighted by Gasteiger charge is 2.14. The molecule has 0 bridgehead atoms. The molecule has 0 heterocycles. The lowest BCUT2D eigenvalue weighted by atomic mass is 10.3. The molecule has 0 unspecified atom stereocenters. The molecule has 0 fully saturated rings. The first-order valence-corrected chi connectivity index (χ1v) is 7.12. The van der Waals surface area contributed by atoms with Crippen molar-refractivity contribution in [2.45, 2.75) is 18.2 Å². The Hall–Kier alpha value is -1.44. The molecule has 0 aliphatic carbocycles. The van der Waals surface area contributed by atoms with Crippen LogP contribution in [0.1, 0.15) is 13.3 Å². The van der Waals surface area contributed by atoms with Gasteiger partial charge in [-0.25, -0.2) is 13.6 Å². The van der Waals surface area contributed by atoms with Gasteiger partial charge in [-0.15, -0.1) is 0 Å². The number of primary sulfonamides is 1. The maximum atomic E-state index is 11.6. The summed E-state index contributed by atoms with van der Waals surface area (Å²) in [5.41, 5.74) is 0.197. The van der Waals surface area contributed by atoms with Gasteiger partial charge in [0, 0.05) is 0 Å². The molecular weight excluding hydrogens is 254 g/mol. The van der Waals surface area contributed by atoms with E-state index in [0.29, 0.717) is 0 Å². The topological polar surface area (TPSA) is 101 Å². The van der Waals surface area contributed by atoms with E-state index in [0.717, 1.165) is 13.0 Å². The molecule has 0 aliphatic rings. The summed E-state index contributed by atoms with van der Waals surface area (Å²) >= 11 is 0. The van der Waals surface area contributed by atoms with Crippen molar-refractivity contribution in [3.8, 4) is 0 Å². The first-order chi connectivity index (χ1) is 8.45. The van der Waals surface area contributed by atoms with Crippen LogP contribution in [0.2, 0.25) is 0 Å². The van der Waals surface area contributed by atoms with Crippen LogP contribution in [0.4, 0.5) is 5.69 Å². The number of rotatable bonds is 6. The Morgan fingerprint density at radius 3 is 2.61 bits per heavy atom. The predicted octanol–water partition coefficient (Wildman–Crippen LogP) is 0.272. The van der Waals surface area contributed by atoms with Crippen LogP contribution in [-0.4, -0.2) is 27.4 Å². The summed E-state index contributed by atoms with van der Waals surface area (Å²) in [5, 5.41) is 10.5. The number of nitrogens with two attached hydrogens (primary N) is 1. The van der Waals surface area contributed by atoms with E-state index in [2.05, 4.69) is 10.6 Å². The lowest BCUT2D eigenvalue weighted by Gasteiger charge is -2.09. The van der Waals surface area contributed by atoms with Crippen LogP contribution in [0.5, 0.6) is 0 Å². The van der Waals surface area contributed by atoms with Crippen LogP contribution in [0, 0.1) is 0 Å². The van der Waals surface area contributed by atoms with Crippen LogP contribution >= 0.6 is 0 Å². The summed E-state index contributed by atoms with van der Waals surface area (Å²) in [6, 6.07) is 6.02. The molecule has 18 heavy (non-hydrogen) atoms. The third kappa shape index (κ3) is 4.44. The SMILES string of the molecule is CCCNCC(=O)Nc1ccccc1S(N)(=O)=O. The van der Waals surface area contributed by atoms with Gasteiger partial charge in [-0.2, -0.15) is 0 Å². The van der Waals surface area contributed by atoms with E-state index in [-0.39, 0.29) is 23.0 Å². The highest BCUT2D eigenvalue weighted by molar-refractivity contribution is 7.89. The van der Waals surface area contributed by atoms with E-state index in [9.17, 15) is 13.2 Å². The van der Waals surface area contributed by atoms with Gasteiger partial charge in [0.2, 0.25) is 15.9 Å². The fourth-order valence-corrected chi connectivity index (χ4v) is 2.08. The molecule has 1 amide bonds. The number of carbonyl (C=O) groups excluding carboxylic acids is 1. The molecule has 7 heteroatoms. The van der Waals surface area contributed by atoms with Crippen molar-refractivity contribution < 1.29 is 13.2 Å². The first kappa shape index (κ1) is 14.6. The molecule has 6 nitrogen and oxygen atoms in total. The van der Waals surface area contributed by atoms with Gasteiger partial charge in [-0.3, -0.25) is 4.79 Å². The zero-order chi connectivity index (χ0) is 13.6. The summed E-state index contributed by atoms with van der Waals surface area (Å²) in [6.07, 6.45) is 0.918. The number of para-hydroxylation sites is 1. The minimum Gasteiger partial charge on any atom is -0.324 e. The average molecular weight is 271 g/mol. The largest absolute Gasteiger partial charge is 0.324 e. The molecule has 0 saturated heterocycles. The Kier molecular flexibility index (Phi) is 5.26. The Morgan fingerprint density at radius 2 is 2.00 bits per heavy atom. The van der Waals surface area contributed by atoms with Crippen LogP contribution in [0.25, 0.3) is 0 Å². The Labute approximate surface area is 107 Å². The second-order valence-corrected chi connectivity index (χ2v) is 5.30. The third-order valence-electron chi connectivity index (χ3n) is 2.18. The maximum absolute atomic E-state index is 11.6. The molecule has 1 aromatic carbocycles. The van der Waals surface area contributed by atoms with E-state index < -0.39 is 10.0 Å². The summed E-state index contributed by atoms with van der Waals surface area (Å²) in [6.45, 7) is 2.85. The normalized spacial score (nSPS) is 11.2. The van der Waals surface area contributed by atoms with Gasteiger partial charge < -0.3 is 10.6 Å². The second kappa shape index (κ2) is 6.48. The molecule has 0 atom stereocenters. The smallest absolute Gasteiger partial charge is 0.240 e. The van der Waals surface area contributed by atoms with Gasteiger partial charge >= 0.3 is 0 Å². The first-order valence-electron chi connectivity index (χ1n) is 5.57. The molecule has 1 rings (SSSR count). The predicted molar refractivity (Wildman–Crippen MR) is 69.6 cm³/mol. The minimum absolute atomic E-state index is 0.0890. The fourth-order valence-electron chi connectivity index (χ4n) is 1.39. The zero-order valence-electron chi connectivity index (χ0n) is 10.1. The van der Waals surface area contributed by atoms with E-state index in [1.54, 1.807) is 12.1 Å². The number of carbonyl (C=O) groups is 1. The highest BCUT2D eigenvalue weighted by atomic mass is 32.2. The number of nitrogens with one attached hydrogen (secondary N) is 2. The number of sulfonamides is 1. The van der Waals surface area contributed by atoms with Crippen LogP contribution in [-0.2, 0) is 14.8 Å². The summed E-state index contributed by atoms with van der Waals surface area (Å²) in [5.74, 6) is -0.306. The van der Waals surface area contributed by atoms with Gasteiger partial charge in [0.05, 0.1) is 12.2 Å². The van der Waals surface area contributed by atoms with E-state index in [1.807, 2.05) is 6.92 Å². The van der Waals surface area contributed by atoms with Crippen molar-refractivity contribution in [1.82, 2.24) is 5.32 Å². The molecule has 0 aromatic heterocycles. The van der Waals surface area contributed by atoms with Gasteiger partial charge in [0.15, 0.2) is 0 Å². The van der Waals surface area contributed by atoms with E-state index in [1.165, 1.54) is 12.1 Å². The summed E-state index contributed by atoms with van der Waals surface area (Å²) < 4.78 is 22.6. The van der Waals surface area contributed by atoms with Gasteiger partial charge in [0.25, 0.3) is 0 Å². The van der Waals surface area contributed by atoms with Gasteiger partial charge in [0.1, 0.15) is 4.90 Å². The molecule has 1 aromatic rings. The van der Waals surface area contributed by atoms with Crippen molar-refractivity contribution in [1.29, 1.82) is 0 Å². The summed E-state index contributed by atoms with van der Waals surface area (Å²) in [7, 11) is -3.84. The molecule has 0 spiro atoms. The maximum Gasteiger partial charge on any atom is 0.240 e. The van der Waals surface area contributed by atoms with E-state index >= 15 is 0 Å². The Bertz CT molecular complexity index is 514. The standard InChI is InChI=1S/C11H17N3O3S/c1-2-7-13-8-11(15)14-9-5-3-4-6-10(9)18(12,16)17/h3-6,13H,2,7-8H2,1H3,(H,14,15)(H2,12,16,17). The van der Waals surface area contributed by atoms with Crippen molar-refractivity contribution in [3.05, 3.63) is 24.3 Å². The van der Waals surface area contributed by atoms with Crippen molar-refractivity contribution in [3.63, 3.8) is 0 Å². The van der Waals surface area contributed by atoms with Crippen molar-refractivity contribution in [2.75, 3.05) is 18.4 Å². The fraction of sp³-hybridized carbons (Fsp3) is 0.364. The quantitative estimate of drug-likeness (QED) is 0.646. The Balaban J connectivity index is 2.76. The third-order valence-corrected chi connectivity index (χ3v) is 3.15. The monoisotopic (exact) mass is 271 g/mol. The second-order valence-electron chi connectivity index (χ2n) is 3.77. The van der Waals surface area contributed by atoms with Gasteiger partial charge in [-0.1, -0.05) is 19.1 Å². The lowest BCUT2D eigenvalue weighted by Crippen LogP contribution is -2.29. The average Bonchev–Trinajstić information content (AvgIpc) is 2.28. The number of anilines is 1. The van der Waals surface area contributed by atoms with Crippen molar-refractivity contribution in [2.24, 2.45) is 5.14 Å². The zero-order valence-corrected chi connectivity index (χ0v) is 11.0. The van der Waals surface area contributed by atoms with Crippen LogP contribution < -0.4 is 15.8 Å². The van der Waals surface area contributed by atoms with Crippen LogP contribution in [0.15, 0.2) is 29.2 Å². The van der Waals surface area contributed by atoms with Gasteiger partial charge in [-0.05, 0) is 25.1 Å². The number of hydrogen-bond donors (Lipinski definition) is 3. The van der Waals surface area contributed by atoms with Crippen molar-refractivity contribution >= 4 is 21.6 Å².